The van der Waals surface area contributed by atoms with Gasteiger partial charge in [-0.1, -0.05) is 30.2 Å². The molecular weight excluding hydrogens is 134 g/mol. The van der Waals surface area contributed by atoms with E-state index in [9.17, 15) is 0 Å². The molecule has 0 aromatic heterocycles. The maximum absolute atomic E-state index is 5.15. The number of likely N-dealkylation sites (N-methyl/N-ethyl adjacent to an activating group) is 1. The molecule has 0 saturated carbocycles. The number of nitrogens with zero attached hydrogens (tertiary/aromatic N) is 1. The molecular formula is C10H15N. The van der Waals surface area contributed by atoms with Gasteiger partial charge in [0.1, 0.15) is 0 Å². The van der Waals surface area contributed by atoms with E-state index < -0.39 is 0 Å². The number of terminal acetylenes is 1. The van der Waals surface area contributed by atoms with E-state index in [1.165, 1.54) is 5.57 Å². The highest BCUT2D eigenvalue weighted by atomic mass is 15.1. The molecule has 0 aromatic rings. The van der Waals surface area contributed by atoms with Gasteiger partial charge in [-0.25, -0.2) is 0 Å². The van der Waals surface area contributed by atoms with E-state index in [0.717, 1.165) is 6.54 Å². The van der Waals surface area contributed by atoms with E-state index >= 15 is 0 Å². The maximum Gasteiger partial charge on any atom is 0.0599 e. The zero-order valence-electron chi connectivity index (χ0n) is 7.30. The Bertz CT molecular complexity index is 184. The number of hydrogen-bond donors (Lipinski definition) is 0. The Kier molecular flexibility index (Phi) is 5.24. The first-order valence-corrected chi connectivity index (χ1v) is 3.61. The Labute approximate surface area is 69.4 Å². The summed E-state index contributed by atoms with van der Waals surface area (Å²) in [4.78, 5) is 2.08. The van der Waals surface area contributed by atoms with Gasteiger partial charge in [-0.15, -0.1) is 6.42 Å². The SMILES string of the molecule is C#CCN(C)C/C(C)=C/C=C. The zero-order chi connectivity index (χ0) is 8.69. The van der Waals surface area contributed by atoms with Gasteiger partial charge >= 0.3 is 0 Å². The molecule has 0 aliphatic rings. The van der Waals surface area contributed by atoms with Crippen LogP contribution in [0.1, 0.15) is 6.92 Å². The molecule has 0 N–H and O–H groups in total. The van der Waals surface area contributed by atoms with Crippen LogP contribution in [0, 0.1) is 12.3 Å². The Morgan fingerprint density at radius 2 is 2.36 bits per heavy atom. The van der Waals surface area contributed by atoms with Crippen LogP contribution in [0.15, 0.2) is 24.3 Å². The fraction of sp³-hybridized carbons (Fsp3) is 0.400. The number of hydrogen-bond acceptors (Lipinski definition) is 1. The lowest BCUT2D eigenvalue weighted by Gasteiger charge is -2.12. The summed E-state index contributed by atoms with van der Waals surface area (Å²) in [6.07, 6.45) is 8.93. The highest BCUT2D eigenvalue weighted by Gasteiger charge is 1.94. The quantitative estimate of drug-likeness (QED) is 0.434. The molecule has 0 aliphatic carbocycles. The van der Waals surface area contributed by atoms with Crippen molar-refractivity contribution in [1.82, 2.24) is 4.90 Å². The maximum atomic E-state index is 5.15. The van der Waals surface area contributed by atoms with Crippen molar-refractivity contribution in [3.8, 4) is 12.3 Å². The van der Waals surface area contributed by atoms with Crippen LogP contribution in [0.2, 0.25) is 0 Å². The fourth-order valence-electron chi connectivity index (χ4n) is 0.891. The first kappa shape index (κ1) is 10.0. The molecule has 0 atom stereocenters. The molecule has 0 amide bonds. The van der Waals surface area contributed by atoms with Crippen molar-refractivity contribution in [3.05, 3.63) is 24.3 Å². The van der Waals surface area contributed by atoms with E-state index in [-0.39, 0.29) is 0 Å². The summed E-state index contributed by atoms with van der Waals surface area (Å²) in [6.45, 7) is 7.29. The Morgan fingerprint density at radius 3 is 2.82 bits per heavy atom. The van der Waals surface area contributed by atoms with E-state index in [2.05, 4.69) is 24.3 Å². The minimum Gasteiger partial charge on any atom is -0.291 e. The van der Waals surface area contributed by atoms with Crippen molar-refractivity contribution < 1.29 is 0 Å². The van der Waals surface area contributed by atoms with E-state index in [0.29, 0.717) is 6.54 Å². The van der Waals surface area contributed by atoms with Crippen LogP contribution < -0.4 is 0 Å². The van der Waals surface area contributed by atoms with Crippen molar-refractivity contribution in [1.29, 1.82) is 0 Å². The van der Waals surface area contributed by atoms with Crippen LogP contribution in [0.4, 0.5) is 0 Å². The summed E-state index contributed by atoms with van der Waals surface area (Å²) in [5, 5.41) is 0. The van der Waals surface area contributed by atoms with Crippen molar-refractivity contribution in [3.63, 3.8) is 0 Å². The smallest absolute Gasteiger partial charge is 0.0599 e. The molecule has 0 aliphatic heterocycles. The summed E-state index contributed by atoms with van der Waals surface area (Å²) in [5.74, 6) is 2.59. The van der Waals surface area contributed by atoms with Crippen LogP contribution in [-0.4, -0.2) is 25.0 Å². The van der Waals surface area contributed by atoms with Gasteiger partial charge in [0.15, 0.2) is 0 Å². The van der Waals surface area contributed by atoms with Crippen LogP contribution in [0.3, 0.4) is 0 Å². The molecule has 0 spiro atoms. The molecule has 1 nitrogen and oxygen atoms in total. The lowest BCUT2D eigenvalue weighted by Crippen LogP contribution is -2.20. The van der Waals surface area contributed by atoms with Crippen molar-refractivity contribution in [2.45, 2.75) is 6.92 Å². The minimum atomic E-state index is 0.697. The predicted octanol–water partition coefficient (Wildman–Crippen LogP) is 1.68. The summed E-state index contributed by atoms with van der Waals surface area (Å²) in [7, 11) is 2.00. The van der Waals surface area contributed by atoms with Gasteiger partial charge in [0.2, 0.25) is 0 Å². The molecule has 1 heteroatoms. The molecule has 11 heavy (non-hydrogen) atoms. The molecule has 0 fully saturated rings. The molecule has 0 aromatic carbocycles. The molecule has 0 rings (SSSR count). The Morgan fingerprint density at radius 1 is 1.73 bits per heavy atom. The minimum absolute atomic E-state index is 0.697. The van der Waals surface area contributed by atoms with E-state index in [1.54, 1.807) is 6.08 Å². The monoisotopic (exact) mass is 149 g/mol. The van der Waals surface area contributed by atoms with Gasteiger partial charge < -0.3 is 0 Å². The summed E-state index contributed by atoms with van der Waals surface area (Å²) < 4.78 is 0. The Balaban J connectivity index is 3.76. The standard InChI is InChI=1S/C10H15N/c1-5-7-10(3)9-11(4)8-6-2/h2,5,7H,1,8-9H2,3-4H3/b10-7+. The second-order valence-corrected chi connectivity index (χ2v) is 2.63. The van der Waals surface area contributed by atoms with Gasteiger partial charge in [0, 0.05) is 6.54 Å². The third kappa shape index (κ3) is 5.44. The van der Waals surface area contributed by atoms with Gasteiger partial charge in [0.05, 0.1) is 6.54 Å². The third-order valence-corrected chi connectivity index (χ3v) is 1.28. The third-order valence-electron chi connectivity index (χ3n) is 1.28. The largest absolute Gasteiger partial charge is 0.291 e. The summed E-state index contributed by atoms with van der Waals surface area (Å²) >= 11 is 0. The lowest BCUT2D eigenvalue weighted by atomic mass is 10.2. The van der Waals surface area contributed by atoms with Crippen LogP contribution >= 0.6 is 0 Å². The van der Waals surface area contributed by atoms with Gasteiger partial charge in [0.25, 0.3) is 0 Å². The van der Waals surface area contributed by atoms with Crippen LogP contribution in [0.25, 0.3) is 0 Å². The summed E-state index contributed by atoms with van der Waals surface area (Å²) in [5.41, 5.74) is 1.28. The average molecular weight is 149 g/mol. The normalized spacial score (nSPS) is 11.3. The molecule has 0 unspecified atom stereocenters. The zero-order valence-corrected chi connectivity index (χ0v) is 7.30. The average Bonchev–Trinajstić information content (AvgIpc) is 1.87. The van der Waals surface area contributed by atoms with Crippen molar-refractivity contribution in [2.75, 3.05) is 20.1 Å². The van der Waals surface area contributed by atoms with Gasteiger partial charge in [-0.3, -0.25) is 4.90 Å². The Hall–Kier alpha value is -1.00. The first-order chi connectivity index (χ1) is 5.20. The predicted molar refractivity (Wildman–Crippen MR) is 50.3 cm³/mol. The topological polar surface area (TPSA) is 3.24 Å². The van der Waals surface area contributed by atoms with Crippen molar-refractivity contribution in [2.24, 2.45) is 0 Å². The second-order valence-electron chi connectivity index (χ2n) is 2.63. The molecule has 60 valence electrons. The summed E-state index contributed by atoms with van der Waals surface area (Å²) in [6, 6.07) is 0. The highest BCUT2D eigenvalue weighted by molar-refractivity contribution is 5.09. The molecule has 0 heterocycles. The van der Waals surface area contributed by atoms with Gasteiger partial charge in [-0.05, 0) is 14.0 Å². The number of rotatable bonds is 4. The highest BCUT2D eigenvalue weighted by Crippen LogP contribution is 1.95. The lowest BCUT2D eigenvalue weighted by molar-refractivity contribution is 0.409. The van der Waals surface area contributed by atoms with Crippen molar-refractivity contribution >= 4 is 0 Å². The molecule has 0 saturated heterocycles. The first-order valence-electron chi connectivity index (χ1n) is 3.61. The van der Waals surface area contributed by atoms with E-state index in [4.69, 9.17) is 6.42 Å². The fourth-order valence-corrected chi connectivity index (χ4v) is 0.891. The van der Waals surface area contributed by atoms with Gasteiger partial charge in [-0.2, -0.15) is 0 Å². The molecule has 0 radical (unpaired) electrons. The number of allylic oxidation sites excluding steroid dienone is 2. The second kappa shape index (κ2) is 5.76. The van der Waals surface area contributed by atoms with E-state index in [1.807, 2.05) is 13.1 Å². The van der Waals surface area contributed by atoms with Crippen LogP contribution in [-0.2, 0) is 0 Å². The van der Waals surface area contributed by atoms with Crippen LogP contribution in [0.5, 0.6) is 0 Å². The molecule has 0 bridgehead atoms.